The molecule has 4 heterocycles. The molecule has 1 aromatic heterocycles. The molecule has 2 N–H and O–H groups in total. The molecule has 4 fully saturated rings. The standard InChI is InChI=1S/C39H54N4O4S.C4H10.C2H6/c1-5-26(6-2)35-32-11-8-29(37(45)40-48(4)31-9-10-31)23-34(32)43-25-39(24-33(39)28(14-19-44)22-27(7-3)36(35)43)38(46)42-15-12-30(13-16-42)41-17-20-47-21-18-41;1-3-4-2;1-2/h7-8,11,14,23,26,30-31,33,44H,4-6,9-10,12-13,15-22,24-25H2,1-3H3,(H,40,45);3-4H2,1-2H3;1-2H3/b27-7+,28-14+;;. The summed E-state index contributed by atoms with van der Waals surface area (Å²) in [5.41, 5.74) is 6.13. The van der Waals surface area contributed by atoms with Crippen LogP contribution in [0.25, 0.3) is 16.5 Å². The van der Waals surface area contributed by atoms with Gasteiger partial charge in [-0.15, -0.1) is 0 Å². The van der Waals surface area contributed by atoms with Crippen molar-refractivity contribution in [2.45, 2.75) is 136 Å². The number of aliphatic hydroxyl groups excluding tert-OH is 1. The summed E-state index contributed by atoms with van der Waals surface area (Å²) in [5.74, 6) is 4.89. The van der Waals surface area contributed by atoms with Crippen LogP contribution in [0.5, 0.6) is 0 Å². The van der Waals surface area contributed by atoms with Crippen LogP contribution in [0.3, 0.4) is 0 Å². The van der Waals surface area contributed by atoms with E-state index in [0.29, 0.717) is 29.3 Å². The number of ether oxygens (including phenoxy) is 1. The number of allylic oxidation sites excluding steroid dienone is 3. The van der Waals surface area contributed by atoms with E-state index in [2.05, 4.69) is 77.8 Å². The highest BCUT2D eigenvalue weighted by Crippen LogP contribution is 2.62. The molecule has 9 heteroatoms. The van der Waals surface area contributed by atoms with Gasteiger partial charge in [0.1, 0.15) is 0 Å². The number of likely N-dealkylation sites (tertiary alicyclic amines) is 1. The number of rotatable bonds is 10. The van der Waals surface area contributed by atoms with Crippen LogP contribution in [0.2, 0.25) is 0 Å². The molecule has 3 atom stereocenters. The summed E-state index contributed by atoms with van der Waals surface area (Å²) < 4.78 is 11.2. The first-order valence-electron chi connectivity index (χ1n) is 21.3. The second-order valence-electron chi connectivity index (χ2n) is 15.7. The van der Waals surface area contributed by atoms with E-state index in [1.807, 2.05) is 26.0 Å². The van der Waals surface area contributed by atoms with Gasteiger partial charge in [-0.1, -0.05) is 94.7 Å². The normalized spacial score (nSPS) is 25.1. The van der Waals surface area contributed by atoms with Crippen LogP contribution in [0.15, 0.2) is 35.9 Å². The molecule has 300 valence electrons. The molecule has 3 unspecified atom stereocenters. The van der Waals surface area contributed by atoms with Crippen molar-refractivity contribution in [2.24, 2.45) is 11.3 Å². The Morgan fingerprint density at radius 3 is 2.28 bits per heavy atom. The van der Waals surface area contributed by atoms with E-state index in [4.69, 9.17) is 4.74 Å². The Labute approximate surface area is 328 Å². The molecular weight excluding hydrogens is 693 g/mol. The van der Waals surface area contributed by atoms with Gasteiger partial charge in [-0.05, 0) is 93.4 Å². The first-order valence-corrected chi connectivity index (χ1v) is 22.8. The van der Waals surface area contributed by atoms with E-state index in [0.717, 1.165) is 96.3 Å². The number of hydrogen-bond acceptors (Lipinski definition) is 5. The van der Waals surface area contributed by atoms with Crippen molar-refractivity contribution in [3.63, 3.8) is 0 Å². The van der Waals surface area contributed by atoms with E-state index in [9.17, 15) is 14.7 Å². The minimum atomic E-state index is -0.554. The number of piperidine rings is 1. The van der Waals surface area contributed by atoms with E-state index >= 15 is 0 Å². The predicted octanol–water partition coefficient (Wildman–Crippen LogP) is 8.94. The topological polar surface area (TPSA) is 87.0 Å². The van der Waals surface area contributed by atoms with Gasteiger partial charge in [-0.2, -0.15) is 0 Å². The monoisotopic (exact) mass is 763 g/mol. The molecule has 0 radical (unpaired) electrons. The van der Waals surface area contributed by atoms with Crippen molar-refractivity contribution in [1.82, 2.24) is 19.1 Å². The number of carbonyl (C=O) groups excluding carboxylic acids is 2. The van der Waals surface area contributed by atoms with Gasteiger partial charge >= 0.3 is 0 Å². The fraction of sp³-hybridized carbons (Fsp3) is 0.667. The number of hydrogen-bond donors (Lipinski definition) is 2. The van der Waals surface area contributed by atoms with Gasteiger partial charge < -0.3 is 24.0 Å². The van der Waals surface area contributed by atoms with Gasteiger partial charge in [-0.25, -0.2) is 0 Å². The van der Waals surface area contributed by atoms with Gasteiger partial charge in [0.2, 0.25) is 5.91 Å². The van der Waals surface area contributed by atoms with E-state index in [1.54, 1.807) is 0 Å². The highest BCUT2D eigenvalue weighted by Gasteiger charge is 2.63. The molecule has 8 nitrogen and oxygen atoms in total. The number of aliphatic hydroxyl groups is 1. The summed E-state index contributed by atoms with van der Waals surface area (Å²) in [7, 11) is -0.371. The Morgan fingerprint density at radius 1 is 1.04 bits per heavy atom. The van der Waals surface area contributed by atoms with E-state index < -0.39 is 5.41 Å². The van der Waals surface area contributed by atoms with Gasteiger partial charge in [-0.3, -0.25) is 14.5 Å². The summed E-state index contributed by atoms with van der Waals surface area (Å²) in [4.78, 5) is 33.1. The summed E-state index contributed by atoms with van der Waals surface area (Å²) in [5, 5.41) is 11.8. The van der Waals surface area contributed by atoms with Crippen LogP contribution in [-0.4, -0.2) is 94.4 Å². The highest BCUT2D eigenvalue weighted by atomic mass is 32.2. The molecule has 2 aromatic rings. The Bertz CT molecular complexity index is 1670. The third-order valence-corrected chi connectivity index (χ3v) is 14.2. The molecular formula is C45H70N4O4S. The maximum Gasteiger partial charge on any atom is 0.260 e. The maximum absolute atomic E-state index is 14.8. The quantitative estimate of drug-likeness (QED) is 0.187. The molecule has 0 bridgehead atoms. The first kappa shape index (κ1) is 42.4. The molecule has 0 spiro atoms. The summed E-state index contributed by atoms with van der Waals surface area (Å²) in [6, 6.07) is 6.72. The van der Waals surface area contributed by atoms with Crippen LogP contribution < -0.4 is 4.72 Å². The lowest BCUT2D eigenvalue weighted by molar-refractivity contribution is -0.140. The largest absolute Gasteiger partial charge is 0.392 e. The lowest BCUT2D eigenvalue weighted by Gasteiger charge is -2.41. The van der Waals surface area contributed by atoms with Crippen LogP contribution >= 0.6 is 10.7 Å². The number of fused-ring (bicyclic) bond motifs is 4. The molecule has 2 aliphatic carbocycles. The molecule has 2 saturated carbocycles. The van der Waals surface area contributed by atoms with E-state index in [-0.39, 0.29) is 35.0 Å². The average Bonchev–Trinajstić information content (AvgIpc) is 4.15. The molecule has 54 heavy (non-hydrogen) atoms. The molecule has 7 rings (SSSR count). The van der Waals surface area contributed by atoms with Crippen LogP contribution in [-0.2, 0) is 16.1 Å². The second-order valence-corrected chi connectivity index (χ2v) is 17.4. The lowest BCUT2D eigenvalue weighted by atomic mass is 9.85. The summed E-state index contributed by atoms with van der Waals surface area (Å²) >= 11 is 0. The molecule has 5 aliphatic rings. The number of unbranched alkanes of at least 4 members (excludes halogenated alkanes) is 1. The fourth-order valence-electron chi connectivity index (χ4n) is 8.99. The number of carbonyl (C=O) groups is 2. The summed E-state index contributed by atoms with van der Waals surface area (Å²) in [6.07, 6.45) is 14.7. The highest BCUT2D eigenvalue weighted by molar-refractivity contribution is 8.13. The SMILES string of the molecule is C=S(NC(=O)c1ccc2c(C(CC)CC)c3n(c2c1)CC1(C(=O)N2CCC(N4CCOCC4)CC2)CC1/C(=C/CO)C/C3=C\C)C1CC1.CC.CCCC. The molecule has 3 aliphatic heterocycles. The number of nitrogens with one attached hydrogen (secondary N) is 1. The van der Waals surface area contributed by atoms with Gasteiger partial charge in [0.15, 0.2) is 0 Å². The minimum Gasteiger partial charge on any atom is -0.392 e. The second kappa shape index (κ2) is 19.4. The Morgan fingerprint density at radius 2 is 1.70 bits per heavy atom. The zero-order valence-electron chi connectivity index (χ0n) is 34.6. The first-order chi connectivity index (χ1) is 26.2. The van der Waals surface area contributed by atoms with Crippen molar-refractivity contribution < 1.29 is 19.4 Å². The number of nitrogens with zero attached hydrogens (tertiary/aromatic N) is 3. The van der Waals surface area contributed by atoms with E-state index in [1.165, 1.54) is 40.6 Å². The van der Waals surface area contributed by atoms with Crippen LogP contribution in [0, 0.1) is 11.3 Å². The Kier molecular flexibility index (Phi) is 15.3. The Balaban J connectivity index is 0.000000878. The summed E-state index contributed by atoms with van der Waals surface area (Å²) in [6.45, 7) is 20.7. The fourth-order valence-corrected chi connectivity index (χ4v) is 10.2. The average molecular weight is 763 g/mol. The number of aromatic nitrogens is 1. The van der Waals surface area contributed by atoms with Gasteiger partial charge in [0, 0.05) is 66.2 Å². The smallest absolute Gasteiger partial charge is 0.260 e. The third kappa shape index (κ3) is 8.95. The van der Waals surface area contributed by atoms with Crippen LogP contribution in [0.1, 0.15) is 140 Å². The van der Waals surface area contributed by atoms with Crippen molar-refractivity contribution in [2.75, 3.05) is 46.0 Å². The minimum absolute atomic E-state index is 0.0201. The molecule has 2 amide bonds. The molecule has 2 saturated heterocycles. The van der Waals surface area contributed by atoms with Gasteiger partial charge in [0.05, 0.1) is 25.2 Å². The number of benzene rings is 1. The van der Waals surface area contributed by atoms with Crippen molar-refractivity contribution >= 4 is 44.8 Å². The third-order valence-electron chi connectivity index (χ3n) is 12.5. The maximum atomic E-state index is 14.8. The van der Waals surface area contributed by atoms with Crippen molar-refractivity contribution in [3.05, 3.63) is 52.7 Å². The van der Waals surface area contributed by atoms with Crippen molar-refractivity contribution in [1.29, 1.82) is 0 Å². The zero-order chi connectivity index (χ0) is 39.0. The van der Waals surface area contributed by atoms with Gasteiger partial charge in [0.25, 0.3) is 5.91 Å². The zero-order valence-corrected chi connectivity index (χ0v) is 35.4. The van der Waals surface area contributed by atoms with Crippen LogP contribution in [0.4, 0.5) is 0 Å². The number of amides is 2. The number of morpholine rings is 1. The lowest BCUT2D eigenvalue weighted by Crippen LogP contribution is -2.51. The molecule has 1 aromatic carbocycles. The predicted molar refractivity (Wildman–Crippen MR) is 228 cm³/mol. The van der Waals surface area contributed by atoms with Crippen molar-refractivity contribution in [3.8, 4) is 0 Å². The Hall–Kier alpha value is -2.72.